The maximum absolute atomic E-state index is 14.7. The molecule has 66 heavy (non-hydrogen) atoms. The predicted octanol–water partition coefficient (Wildman–Crippen LogP) is 14.4. The van der Waals surface area contributed by atoms with Gasteiger partial charge >= 0.3 is 0 Å². The molecule has 0 fully saturated rings. The molecule has 0 amide bonds. The van der Waals surface area contributed by atoms with Crippen LogP contribution in [-0.4, -0.2) is 90.9 Å². The molecule has 10 heteroatoms. The molecule has 0 saturated carbocycles. The van der Waals surface area contributed by atoms with Gasteiger partial charge in [0, 0.05) is 5.57 Å². The van der Waals surface area contributed by atoms with Crippen molar-refractivity contribution in [3.8, 4) is 0 Å². The van der Waals surface area contributed by atoms with Crippen molar-refractivity contribution in [2.45, 2.75) is 217 Å². The molecule has 2 unspecified atom stereocenters. The molecule has 0 N–H and O–H groups in total. The molecular formula is C56H96N2O6S2+2. The lowest BCUT2D eigenvalue weighted by atomic mass is 9.87. The number of unbranched alkanes of at least 4 members (excludes halogenated alkanes) is 20. The second kappa shape index (κ2) is 30.3. The largest absolute Gasteiger partial charge is 0.323 e. The highest BCUT2D eigenvalue weighted by Gasteiger charge is 2.51. The van der Waals surface area contributed by atoms with Crippen LogP contribution in [0.4, 0.5) is 0 Å². The molecule has 1 aliphatic rings. The first kappa shape index (κ1) is 58.0. The minimum atomic E-state index is -4.40. The molecule has 0 spiro atoms. The maximum Gasteiger partial charge on any atom is 0.298 e. The van der Waals surface area contributed by atoms with Gasteiger partial charge in [0.05, 0.1) is 50.1 Å². The van der Waals surface area contributed by atoms with Gasteiger partial charge in [-0.3, -0.25) is 4.18 Å². The molecule has 0 aromatic heterocycles. The first-order chi connectivity index (χ1) is 31.5. The highest BCUT2D eigenvalue weighted by atomic mass is 32.2. The summed E-state index contributed by atoms with van der Waals surface area (Å²) in [5.74, 6) is 0. The van der Waals surface area contributed by atoms with Crippen molar-refractivity contribution in [1.82, 2.24) is 0 Å². The fraction of sp³-hybridized carbons (Fsp3) is 0.714. The molecule has 2 aromatic rings. The molecule has 0 aliphatic heterocycles. The summed E-state index contributed by atoms with van der Waals surface area (Å²) in [7, 11) is -4.21. The Morgan fingerprint density at radius 2 is 0.833 bits per heavy atom. The van der Waals surface area contributed by atoms with Crippen molar-refractivity contribution in [2.75, 3.05) is 53.4 Å². The van der Waals surface area contributed by atoms with Gasteiger partial charge in [0.1, 0.15) is 19.2 Å². The fourth-order valence-electron chi connectivity index (χ4n) is 9.72. The first-order valence-electron chi connectivity index (χ1n) is 26.6. The van der Waals surface area contributed by atoms with E-state index in [1.807, 2.05) is 32.1 Å². The van der Waals surface area contributed by atoms with E-state index in [2.05, 4.69) is 41.8 Å². The van der Waals surface area contributed by atoms with Gasteiger partial charge in [0.25, 0.3) is 20.2 Å². The molecule has 376 valence electrons. The SMILES string of the molecule is CCCCCCCC[N+](C)(CCCCCCCC)CC1=CC(OS(=O)(=O)c2ccc(C)cc2)C(C[N+](C)(CCCCCCCC)CCCCCCCC)(OS(=O)(=O)c2ccc(C)cc2)C=C1. The Bertz CT molecular complexity index is 1880. The Labute approximate surface area is 406 Å². The zero-order valence-electron chi connectivity index (χ0n) is 43.3. The number of aryl methyl sites for hydroxylation is 2. The molecule has 1 aliphatic carbocycles. The number of quaternary nitrogens is 2. The Morgan fingerprint density at radius 1 is 0.485 bits per heavy atom. The standard InChI is InChI=1S/C56H96N2O6S2/c1-9-13-17-21-25-29-43-57(7,44-30-26-22-18-14-10-2)48-52-41-42-56(64-66(61,62)54-39-35-51(6)36-40-54,55(47-52)63-65(59,60)53-37-33-50(5)34-38-53)49-58(8,45-31-27-23-19-15-11-3)46-32-28-24-20-16-12-4/h33-42,47,55H,9-32,43-46,48-49H2,1-8H3/q+2. The quantitative estimate of drug-likeness (QED) is 0.0379. The molecule has 0 bridgehead atoms. The average molecular weight is 958 g/mol. The summed E-state index contributed by atoms with van der Waals surface area (Å²) in [6.07, 6.45) is 33.0. The number of rotatable bonds is 38. The number of benzene rings is 2. The van der Waals surface area contributed by atoms with Gasteiger partial charge in [-0.05, 0) is 102 Å². The van der Waals surface area contributed by atoms with Crippen molar-refractivity contribution >= 4 is 20.2 Å². The summed E-state index contributed by atoms with van der Waals surface area (Å²) in [6, 6.07) is 13.4. The molecule has 0 radical (unpaired) electrons. The van der Waals surface area contributed by atoms with Crippen LogP contribution < -0.4 is 0 Å². The first-order valence-corrected chi connectivity index (χ1v) is 29.5. The van der Waals surface area contributed by atoms with E-state index in [9.17, 15) is 16.8 Å². The van der Waals surface area contributed by atoms with Crippen molar-refractivity contribution in [2.24, 2.45) is 0 Å². The van der Waals surface area contributed by atoms with E-state index >= 15 is 0 Å². The van der Waals surface area contributed by atoms with Crippen LogP contribution in [0.2, 0.25) is 0 Å². The van der Waals surface area contributed by atoms with Crippen LogP contribution >= 0.6 is 0 Å². The summed E-state index contributed by atoms with van der Waals surface area (Å²) < 4.78 is 72.9. The van der Waals surface area contributed by atoms with Gasteiger partial charge in [-0.15, -0.1) is 0 Å². The zero-order valence-corrected chi connectivity index (χ0v) is 44.9. The highest BCUT2D eigenvalue weighted by molar-refractivity contribution is 7.87. The predicted molar refractivity (Wildman–Crippen MR) is 278 cm³/mol. The van der Waals surface area contributed by atoms with Crippen molar-refractivity contribution in [3.05, 3.63) is 83.5 Å². The molecule has 0 saturated heterocycles. The summed E-state index contributed by atoms with van der Waals surface area (Å²) in [5, 5.41) is 0. The Morgan fingerprint density at radius 3 is 1.23 bits per heavy atom. The van der Waals surface area contributed by atoms with Crippen molar-refractivity contribution < 1.29 is 34.2 Å². The van der Waals surface area contributed by atoms with Crippen LogP contribution in [0, 0.1) is 13.8 Å². The minimum Gasteiger partial charge on any atom is -0.323 e. The van der Waals surface area contributed by atoms with Gasteiger partial charge in [-0.25, -0.2) is 4.18 Å². The van der Waals surface area contributed by atoms with Crippen LogP contribution in [0.15, 0.2) is 82.1 Å². The fourth-order valence-corrected chi connectivity index (χ4v) is 12.0. The smallest absolute Gasteiger partial charge is 0.298 e. The van der Waals surface area contributed by atoms with E-state index in [-0.39, 0.29) is 16.3 Å². The third-order valence-electron chi connectivity index (χ3n) is 13.9. The van der Waals surface area contributed by atoms with Gasteiger partial charge in [-0.1, -0.05) is 172 Å². The van der Waals surface area contributed by atoms with Gasteiger partial charge in [0.2, 0.25) is 0 Å². The molecular weight excluding hydrogens is 861 g/mol. The minimum absolute atomic E-state index is 0.0380. The topological polar surface area (TPSA) is 86.7 Å². The van der Waals surface area contributed by atoms with Crippen LogP contribution in [0.25, 0.3) is 0 Å². The summed E-state index contributed by atoms with van der Waals surface area (Å²) >= 11 is 0. The van der Waals surface area contributed by atoms with Gasteiger partial charge < -0.3 is 8.97 Å². The maximum atomic E-state index is 14.7. The number of hydrogen-bond donors (Lipinski definition) is 0. The van der Waals surface area contributed by atoms with Crippen LogP contribution in [0.1, 0.15) is 193 Å². The van der Waals surface area contributed by atoms with E-state index in [4.69, 9.17) is 8.37 Å². The second-order valence-corrected chi connectivity index (χ2v) is 23.8. The van der Waals surface area contributed by atoms with Crippen molar-refractivity contribution in [1.29, 1.82) is 0 Å². The van der Waals surface area contributed by atoms with Crippen molar-refractivity contribution in [3.63, 3.8) is 0 Å². The Hall–Kier alpha value is -2.34. The molecule has 8 nitrogen and oxygen atoms in total. The van der Waals surface area contributed by atoms with Gasteiger partial charge in [-0.2, -0.15) is 16.8 Å². The third-order valence-corrected chi connectivity index (χ3v) is 16.6. The Kier molecular flexibility index (Phi) is 26.6. The van der Waals surface area contributed by atoms with E-state index < -0.39 is 31.9 Å². The lowest BCUT2D eigenvalue weighted by Gasteiger charge is -2.45. The second-order valence-electron chi connectivity index (χ2n) is 20.7. The summed E-state index contributed by atoms with van der Waals surface area (Å²) in [5.41, 5.74) is 1.16. The summed E-state index contributed by atoms with van der Waals surface area (Å²) in [4.78, 5) is 0.0787. The monoisotopic (exact) mass is 957 g/mol. The molecule has 2 aromatic carbocycles. The van der Waals surface area contributed by atoms with Crippen LogP contribution in [0.3, 0.4) is 0 Å². The average Bonchev–Trinajstić information content (AvgIpc) is 3.27. The van der Waals surface area contributed by atoms with E-state index in [1.54, 1.807) is 48.5 Å². The number of nitrogens with zero attached hydrogens (tertiary/aromatic N) is 2. The van der Waals surface area contributed by atoms with E-state index in [1.165, 1.54) is 103 Å². The number of hydrogen-bond acceptors (Lipinski definition) is 6. The lowest BCUT2D eigenvalue weighted by molar-refractivity contribution is -0.915. The van der Waals surface area contributed by atoms with E-state index in [0.29, 0.717) is 11.0 Å². The highest BCUT2D eigenvalue weighted by Crippen LogP contribution is 2.37. The normalized spacial score (nSPS) is 17.1. The number of likely N-dealkylation sites (N-methyl/N-ethyl adjacent to an activating group) is 2. The lowest BCUT2D eigenvalue weighted by Crippen LogP contribution is -2.61. The zero-order chi connectivity index (χ0) is 48.4. The molecule has 3 rings (SSSR count). The van der Waals surface area contributed by atoms with Gasteiger partial charge in [0.15, 0.2) is 5.60 Å². The molecule has 0 heterocycles. The summed E-state index contributed by atoms with van der Waals surface area (Å²) in [6.45, 7) is 17.4. The Balaban J connectivity index is 2.18. The van der Waals surface area contributed by atoms with E-state index in [0.717, 1.165) is 98.7 Å². The van der Waals surface area contributed by atoms with Crippen LogP contribution in [0.5, 0.6) is 0 Å². The third kappa shape index (κ3) is 21.1. The van der Waals surface area contributed by atoms with Crippen LogP contribution in [-0.2, 0) is 28.6 Å². The molecule has 2 atom stereocenters.